The van der Waals surface area contributed by atoms with Gasteiger partial charge in [0.05, 0.1) is 5.71 Å². The highest BCUT2D eigenvalue weighted by molar-refractivity contribution is 6.16. The summed E-state index contributed by atoms with van der Waals surface area (Å²) in [6.07, 6.45) is 0. The smallest absolute Gasteiger partial charge is 0.341 e. The number of carbonyl (C=O) groups excluding carboxylic acids is 2. The quantitative estimate of drug-likeness (QED) is 0.108. The Morgan fingerprint density at radius 1 is 0.895 bits per heavy atom. The number of carbonyl (C=O) groups is 2. The normalized spacial score (nSPS) is 12.5. The zero-order valence-electron chi connectivity index (χ0n) is 23.5. The van der Waals surface area contributed by atoms with Gasteiger partial charge in [0, 0.05) is 39.5 Å². The molecule has 0 spiro atoms. The van der Waals surface area contributed by atoms with Crippen molar-refractivity contribution in [2.24, 2.45) is 5.16 Å². The van der Waals surface area contributed by atoms with E-state index in [1.165, 1.54) is 0 Å². The van der Waals surface area contributed by atoms with Crippen molar-refractivity contribution in [3.63, 3.8) is 0 Å². The van der Waals surface area contributed by atoms with Gasteiger partial charge in [-0.1, -0.05) is 49.3 Å². The predicted octanol–water partition coefficient (Wildman–Crippen LogP) is 6.74. The first kappa shape index (κ1) is 27.3. The number of fused-ring (bicyclic) bond motifs is 3. The summed E-state index contributed by atoms with van der Waals surface area (Å²) in [6, 6.07) is 19.7. The van der Waals surface area contributed by atoms with Crippen LogP contribution >= 0.6 is 0 Å². The third-order valence-electron chi connectivity index (χ3n) is 7.57. The fraction of sp³-hybridized carbons (Fsp3) is 0.344. The van der Waals surface area contributed by atoms with E-state index in [0.717, 1.165) is 52.6 Å². The number of ketones is 1. The molecular formula is C32H37N3O3. The lowest BCUT2D eigenvalue weighted by atomic mass is 9.97. The Kier molecular flexibility index (Phi) is 7.83. The van der Waals surface area contributed by atoms with Crippen molar-refractivity contribution >= 4 is 39.3 Å². The number of aryl methyl sites for hydroxylation is 2. The molecular weight excluding hydrogens is 474 g/mol. The van der Waals surface area contributed by atoms with Crippen molar-refractivity contribution in [1.82, 2.24) is 9.47 Å². The minimum Gasteiger partial charge on any atom is -0.341 e. The van der Waals surface area contributed by atoms with Crippen molar-refractivity contribution < 1.29 is 14.4 Å². The zero-order chi connectivity index (χ0) is 27.6. The molecule has 0 atom stereocenters. The van der Waals surface area contributed by atoms with Crippen molar-refractivity contribution in [3.05, 3.63) is 82.9 Å². The van der Waals surface area contributed by atoms with Crippen LogP contribution in [0.4, 0.5) is 0 Å². The second kappa shape index (κ2) is 10.9. The van der Waals surface area contributed by atoms with Crippen LogP contribution in [0, 0.1) is 6.92 Å². The summed E-state index contributed by atoms with van der Waals surface area (Å²) in [5.74, 6) is -0.373. The number of hydrogen-bond acceptors (Lipinski definition) is 5. The Morgan fingerprint density at radius 3 is 2.05 bits per heavy atom. The molecule has 0 bridgehead atoms. The first-order chi connectivity index (χ1) is 18.1. The van der Waals surface area contributed by atoms with Gasteiger partial charge in [0.25, 0.3) is 0 Å². The molecule has 0 aliphatic carbocycles. The van der Waals surface area contributed by atoms with Gasteiger partial charge in [-0.05, 0) is 89.2 Å². The highest BCUT2D eigenvalue weighted by atomic mass is 16.7. The molecule has 4 rings (SSSR count). The second-order valence-corrected chi connectivity index (χ2v) is 10.1. The summed E-state index contributed by atoms with van der Waals surface area (Å²) < 4.78 is 2.25. The average Bonchev–Trinajstić information content (AvgIpc) is 3.24. The van der Waals surface area contributed by atoms with Crippen LogP contribution in [0.5, 0.6) is 0 Å². The summed E-state index contributed by atoms with van der Waals surface area (Å²) in [6.45, 7) is 16.0. The molecule has 0 aliphatic rings. The van der Waals surface area contributed by atoms with Crippen molar-refractivity contribution in [2.45, 2.75) is 60.5 Å². The Morgan fingerprint density at radius 2 is 1.47 bits per heavy atom. The van der Waals surface area contributed by atoms with Crippen molar-refractivity contribution in [2.75, 3.05) is 13.1 Å². The van der Waals surface area contributed by atoms with Crippen LogP contribution in [0.3, 0.4) is 0 Å². The maximum absolute atomic E-state index is 13.3. The summed E-state index contributed by atoms with van der Waals surface area (Å²) in [5, 5.41) is 6.24. The third kappa shape index (κ3) is 4.88. The minimum atomic E-state index is -0.772. The van der Waals surface area contributed by atoms with E-state index in [2.05, 4.69) is 28.8 Å². The highest BCUT2D eigenvalue weighted by Gasteiger charge is 2.35. The third-order valence-corrected chi connectivity index (χ3v) is 7.57. The summed E-state index contributed by atoms with van der Waals surface area (Å²) in [5.41, 5.74) is 5.18. The summed E-state index contributed by atoms with van der Waals surface area (Å²) in [4.78, 5) is 33.6. The molecule has 0 radical (unpaired) electrons. The number of benzene rings is 3. The lowest BCUT2D eigenvalue weighted by Crippen LogP contribution is -2.50. The molecule has 0 aliphatic heterocycles. The number of likely N-dealkylation sites (N-methyl/N-ethyl adjacent to an activating group) is 1. The van der Waals surface area contributed by atoms with E-state index in [1.807, 2.05) is 95.0 Å². The number of rotatable bonds is 9. The molecule has 0 N–H and O–H groups in total. The lowest BCUT2D eigenvalue weighted by molar-refractivity contribution is -0.156. The van der Waals surface area contributed by atoms with Gasteiger partial charge in [-0.25, -0.2) is 4.79 Å². The first-order valence-electron chi connectivity index (χ1n) is 13.3. The van der Waals surface area contributed by atoms with Crippen LogP contribution < -0.4 is 0 Å². The van der Waals surface area contributed by atoms with Gasteiger partial charge in [-0.2, -0.15) is 0 Å². The Balaban J connectivity index is 1.73. The molecule has 1 heterocycles. The number of nitrogens with zero attached hydrogens (tertiary/aromatic N) is 3. The first-order valence-corrected chi connectivity index (χ1v) is 13.3. The molecule has 4 aromatic rings. The number of oxime groups is 1. The maximum atomic E-state index is 13.3. The molecule has 0 amide bonds. The fourth-order valence-electron chi connectivity index (χ4n) is 5.21. The van der Waals surface area contributed by atoms with Crippen molar-refractivity contribution in [3.8, 4) is 0 Å². The topological polar surface area (TPSA) is 63.9 Å². The fourth-order valence-corrected chi connectivity index (χ4v) is 5.21. The van der Waals surface area contributed by atoms with E-state index >= 15 is 0 Å². The SMILES string of the molecule is CCN(CC)C(C)(C)C(=O)ON=C(C)c1ccc2c(c1)c1cc(C(=O)c3ccccc3C)ccc1n2CC. The van der Waals surface area contributed by atoms with Crippen LogP contribution in [0.25, 0.3) is 21.8 Å². The summed E-state index contributed by atoms with van der Waals surface area (Å²) >= 11 is 0. The van der Waals surface area contributed by atoms with Gasteiger partial charge in [0.2, 0.25) is 0 Å². The highest BCUT2D eigenvalue weighted by Crippen LogP contribution is 2.32. The van der Waals surface area contributed by atoms with Gasteiger partial charge < -0.3 is 9.40 Å². The van der Waals surface area contributed by atoms with E-state index in [-0.39, 0.29) is 11.8 Å². The molecule has 0 fully saturated rings. The molecule has 3 aromatic carbocycles. The Bertz CT molecular complexity index is 1540. The van der Waals surface area contributed by atoms with Gasteiger partial charge in [0.15, 0.2) is 5.78 Å². The van der Waals surface area contributed by atoms with Crippen LogP contribution in [-0.4, -0.2) is 45.6 Å². The Hall–Kier alpha value is -3.77. The molecule has 0 unspecified atom stereocenters. The van der Waals surface area contributed by atoms with Gasteiger partial charge in [0.1, 0.15) is 5.54 Å². The molecule has 0 saturated carbocycles. The summed E-state index contributed by atoms with van der Waals surface area (Å²) in [7, 11) is 0. The monoisotopic (exact) mass is 511 g/mol. The maximum Gasteiger partial charge on any atom is 0.354 e. The van der Waals surface area contributed by atoms with Gasteiger partial charge >= 0.3 is 5.97 Å². The van der Waals surface area contributed by atoms with E-state index in [1.54, 1.807) is 0 Å². The molecule has 0 saturated heterocycles. The van der Waals surface area contributed by atoms with Crippen LogP contribution in [-0.2, 0) is 16.2 Å². The molecule has 6 heteroatoms. The number of aromatic nitrogens is 1. The minimum absolute atomic E-state index is 0.0130. The number of hydrogen-bond donors (Lipinski definition) is 0. The van der Waals surface area contributed by atoms with E-state index < -0.39 is 5.54 Å². The van der Waals surface area contributed by atoms with Gasteiger partial charge in [-0.15, -0.1) is 0 Å². The Labute approximate surface area is 224 Å². The molecule has 38 heavy (non-hydrogen) atoms. The lowest BCUT2D eigenvalue weighted by Gasteiger charge is -2.33. The van der Waals surface area contributed by atoms with Crippen LogP contribution in [0.2, 0.25) is 0 Å². The van der Waals surface area contributed by atoms with Crippen LogP contribution in [0.15, 0.2) is 65.8 Å². The molecule has 1 aromatic heterocycles. The van der Waals surface area contributed by atoms with Gasteiger partial charge in [-0.3, -0.25) is 9.69 Å². The largest absolute Gasteiger partial charge is 0.354 e. The standard InChI is InChI=1S/C32H37N3O3/c1-8-34(9-2)32(6,7)31(37)38-33-22(5)23-15-17-28-26(19-23)27-20-24(16-18-29(27)35(28)10-3)30(36)25-14-12-11-13-21(25)4/h11-20H,8-10H2,1-7H3. The average molecular weight is 512 g/mol. The predicted molar refractivity (Wildman–Crippen MR) is 155 cm³/mol. The van der Waals surface area contributed by atoms with Crippen molar-refractivity contribution in [1.29, 1.82) is 0 Å². The second-order valence-electron chi connectivity index (χ2n) is 10.1. The molecule has 198 valence electrons. The molecule has 6 nitrogen and oxygen atoms in total. The zero-order valence-corrected chi connectivity index (χ0v) is 23.5. The van der Waals surface area contributed by atoms with E-state index in [9.17, 15) is 9.59 Å². The van der Waals surface area contributed by atoms with E-state index in [0.29, 0.717) is 16.8 Å². The van der Waals surface area contributed by atoms with Crippen LogP contribution in [0.1, 0.15) is 68.6 Å². The van der Waals surface area contributed by atoms with E-state index in [4.69, 9.17) is 4.84 Å².